The van der Waals surface area contributed by atoms with Gasteiger partial charge in [-0.1, -0.05) is 25.0 Å². The van der Waals surface area contributed by atoms with Gasteiger partial charge in [-0.2, -0.15) is 0 Å². The molecule has 0 amide bonds. The molecule has 2 heterocycles. The van der Waals surface area contributed by atoms with Crippen LogP contribution in [0.2, 0.25) is 0 Å². The van der Waals surface area contributed by atoms with E-state index in [1.807, 2.05) is 38.1 Å². The monoisotopic (exact) mass is 410 g/mol. The largest absolute Gasteiger partial charge is 0.493 e. The highest BCUT2D eigenvalue weighted by molar-refractivity contribution is 5.77. The zero-order valence-corrected chi connectivity index (χ0v) is 17.7. The number of fused-ring (bicyclic) bond motifs is 1. The molecule has 1 aromatic carbocycles. The van der Waals surface area contributed by atoms with Crippen molar-refractivity contribution in [3.05, 3.63) is 52.7 Å². The molecule has 1 unspecified atom stereocenters. The maximum absolute atomic E-state index is 11.6. The van der Waals surface area contributed by atoms with Gasteiger partial charge in [0.1, 0.15) is 17.6 Å². The lowest BCUT2D eigenvalue weighted by Crippen LogP contribution is -2.41. The van der Waals surface area contributed by atoms with Crippen LogP contribution in [0.25, 0.3) is 6.08 Å². The Kier molecular flexibility index (Phi) is 6.23. The molecule has 0 bridgehead atoms. The predicted molar refractivity (Wildman–Crippen MR) is 115 cm³/mol. The minimum absolute atomic E-state index is 0.137. The van der Waals surface area contributed by atoms with Crippen LogP contribution < -0.4 is 10.1 Å². The molecular weight excluding hydrogens is 380 g/mol. The first kappa shape index (κ1) is 20.7. The average molecular weight is 411 g/mol. The van der Waals surface area contributed by atoms with Gasteiger partial charge in [0, 0.05) is 12.5 Å². The number of aryl methyl sites for hydroxylation is 1. The number of allylic oxidation sites excluding steroid dienone is 1. The molecule has 6 heteroatoms. The van der Waals surface area contributed by atoms with Gasteiger partial charge in [0.25, 0.3) is 0 Å². The molecule has 160 valence electrons. The maximum atomic E-state index is 11.6. The Bertz CT molecular complexity index is 927. The van der Waals surface area contributed by atoms with Crippen molar-refractivity contribution in [2.24, 2.45) is 5.92 Å². The van der Waals surface area contributed by atoms with Crippen molar-refractivity contribution >= 4 is 12.0 Å². The van der Waals surface area contributed by atoms with Gasteiger partial charge in [0.05, 0.1) is 12.3 Å². The topological polar surface area (TPSA) is 84.6 Å². The van der Waals surface area contributed by atoms with Gasteiger partial charge in [-0.3, -0.25) is 10.1 Å². The van der Waals surface area contributed by atoms with E-state index in [0.29, 0.717) is 30.6 Å². The van der Waals surface area contributed by atoms with Crippen molar-refractivity contribution in [3.8, 4) is 5.75 Å². The van der Waals surface area contributed by atoms with E-state index in [0.717, 1.165) is 29.0 Å². The van der Waals surface area contributed by atoms with E-state index in [9.17, 15) is 9.90 Å². The molecule has 1 aromatic heterocycles. The third-order valence-electron chi connectivity index (χ3n) is 6.08. The summed E-state index contributed by atoms with van der Waals surface area (Å²) in [6.07, 6.45) is 10.8. The van der Waals surface area contributed by atoms with Gasteiger partial charge in [-0.25, -0.2) is 4.98 Å². The normalized spacial score (nSPS) is 21.8. The van der Waals surface area contributed by atoms with Gasteiger partial charge < -0.3 is 14.3 Å². The summed E-state index contributed by atoms with van der Waals surface area (Å²) in [7, 11) is 0. The highest BCUT2D eigenvalue weighted by Crippen LogP contribution is 2.30. The molecule has 2 aromatic rings. The second-order valence-corrected chi connectivity index (χ2v) is 8.46. The smallest absolute Gasteiger partial charge is 0.325 e. The van der Waals surface area contributed by atoms with Crippen LogP contribution in [0.15, 0.2) is 28.7 Å². The Morgan fingerprint density at radius 1 is 1.37 bits per heavy atom. The molecule has 30 heavy (non-hydrogen) atoms. The van der Waals surface area contributed by atoms with Crippen LogP contribution in [-0.4, -0.2) is 28.7 Å². The lowest BCUT2D eigenvalue weighted by molar-refractivity contribution is -0.140. The fourth-order valence-electron chi connectivity index (χ4n) is 4.47. The van der Waals surface area contributed by atoms with Crippen LogP contribution in [0.3, 0.4) is 0 Å². The SMILES string of the molecule is Cc1oc(C=CC2CCCC2)nc1CCOc1ccc2c(c1)C(C(=O)O)N[C@@H](C)C2. The van der Waals surface area contributed by atoms with Crippen molar-refractivity contribution in [3.63, 3.8) is 0 Å². The summed E-state index contributed by atoms with van der Waals surface area (Å²) in [6, 6.07) is 5.18. The standard InChI is InChI=1S/C24H30N2O4/c1-15-13-18-8-9-19(14-20(18)23(25-15)24(27)28)29-12-11-21-16(2)30-22(26-21)10-7-17-5-3-4-6-17/h7-10,14-15,17,23,25H,3-6,11-13H2,1-2H3,(H,27,28)/t15-,23?/m0/s1. The first-order chi connectivity index (χ1) is 14.5. The van der Waals surface area contributed by atoms with E-state index >= 15 is 0 Å². The van der Waals surface area contributed by atoms with E-state index in [4.69, 9.17) is 9.15 Å². The molecule has 2 atom stereocenters. The number of nitrogens with one attached hydrogen (secondary N) is 1. The number of hydrogen-bond donors (Lipinski definition) is 2. The molecule has 1 saturated carbocycles. The molecule has 1 aliphatic heterocycles. The average Bonchev–Trinajstić information content (AvgIpc) is 3.35. The quantitative estimate of drug-likeness (QED) is 0.701. The fourth-order valence-corrected chi connectivity index (χ4v) is 4.47. The molecule has 1 aliphatic carbocycles. The number of carboxylic acids is 1. The summed E-state index contributed by atoms with van der Waals surface area (Å²) in [5.41, 5.74) is 2.75. The molecule has 1 fully saturated rings. The minimum atomic E-state index is -0.864. The van der Waals surface area contributed by atoms with Crippen LogP contribution in [0.4, 0.5) is 0 Å². The zero-order valence-electron chi connectivity index (χ0n) is 17.7. The number of hydrogen-bond acceptors (Lipinski definition) is 5. The molecular formula is C24H30N2O4. The molecule has 0 radical (unpaired) electrons. The molecule has 2 N–H and O–H groups in total. The second kappa shape index (κ2) is 9.04. The number of aliphatic carboxylic acids is 1. The van der Waals surface area contributed by atoms with Crippen molar-refractivity contribution in [1.82, 2.24) is 10.3 Å². The Morgan fingerprint density at radius 3 is 2.93 bits per heavy atom. The van der Waals surface area contributed by atoms with Crippen molar-refractivity contribution in [1.29, 1.82) is 0 Å². The van der Waals surface area contributed by atoms with Gasteiger partial charge in [-0.05, 0) is 68.4 Å². The van der Waals surface area contributed by atoms with Crippen molar-refractivity contribution in [2.45, 2.75) is 64.5 Å². The first-order valence-corrected chi connectivity index (χ1v) is 10.9. The first-order valence-electron chi connectivity index (χ1n) is 10.9. The number of benzene rings is 1. The number of ether oxygens (including phenoxy) is 1. The molecule has 2 aliphatic rings. The number of oxazole rings is 1. The fraction of sp³-hybridized carbons (Fsp3) is 0.500. The predicted octanol–water partition coefficient (Wildman–Crippen LogP) is 4.47. The van der Waals surface area contributed by atoms with Crippen LogP contribution in [0, 0.1) is 12.8 Å². The van der Waals surface area contributed by atoms with Crippen LogP contribution in [0.5, 0.6) is 5.75 Å². The van der Waals surface area contributed by atoms with Crippen LogP contribution in [-0.2, 0) is 17.6 Å². The summed E-state index contributed by atoms with van der Waals surface area (Å²) in [4.78, 5) is 16.2. The van der Waals surface area contributed by atoms with Crippen molar-refractivity contribution < 1.29 is 19.1 Å². The molecule has 6 nitrogen and oxygen atoms in total. The molecule has 4 rings (SSSR count). The third kappa shape index (κ3) is 4.75. The highest BCUT2D eigenvalue weighted by Gasteiger charge is 2.29. The van der Waals surface area contributed by atoms with E-state index in [2.05, 4.69) is 16.4 Å². The summed E-state index contributed by atoms with van der Waals surface area (Å²) < 4.78 is 11.7. The highest BCUT2D eigenvalue weighted by atomic mass is 16.5. The number of aromatic nitrogens is 1. The number of rotatable bonds is 7. The number of carbonyl (C=O) groups is 1. The Labute approximate surface area is 177 Å². The Hall–Kier alpha value is -2.60. The van der Waals surface area contributed by atoms with Gasteiger partial charge >= 0.3 is 5.97 Å². The van der Waals surface area contributed by atoms with Crippen LogP contribution >= 0.6 is 0 Å². The summed E-state index contributed by atoms with van der Waals surface area (Å²) in [5.74, 6) is 1.95. The van der Waals surface area contributed by atoms with Gasteiger partial charge in [-0.15, -0.1) is 0 Å². The summed E-state index contributed by atoms with van der Waals surface area (Å²) in [6.45, 7) is 4.39. The Balaban J connectivity index is 1.37. The lowest BCUT2D eigenvalue weighted by Gasteiger charge is -2.29. The number of nitrogens with zero attached hydrogens (tertiary/aromatic N) is 1. The second-order valence-electron chi connectivity index (χ2n) is 8.46. The summed E-state index contributed by atoms with van der Waals surface area (Å²) in [5, 5.41) is 12.7. The van der Waals surface area contributed by atoms with E-state index in [1.54, 1.807) is 0 Å². The third-order valence-corrected chi connectivity index (χ3v) is 6.08. The van der Waals surface area contributed by atoms with Gasteiger partial charge in [0.15, 0.2) is 0 Å². The number of carboxylic acid groups (broad SMARTS) is 1. The molecule has 0 spiro atoms. The Morgan fingerprint density at radius 2 is 2.17 bits per heavy atom. The van der Waals surface area contributed by atoms with E-state index in [1.165, 1.54) is 25.7 Å². The maximum Gasteiger partial charge on any atom is 0.325 e. The molecule has 0 saturated heterocycles. The van der Waals surface area contributed by atoms with E-state index < -0.39 is 12.0 Å². The van der Waals surface area contributed by atoms with Gasteiger partial charge in [0.2, 0.25) is 5.89 Å². The van der Waals surface area contributed by atoms with Crippen molar-refractivity contribution in [2.75, 3.05) is 6.61 Å². The minimum Gasteiger partial charge on any atom is -0.493 e. The van der Waals surface area contributed by atoms with Crippen LogP contribution in [0.1, 0.15) is 67.1 Å². The lowest BCUT2D eigenvalue weighted by atomic mass is 9.90. The van der Waals surface area contributed by atoms with E-state index in [-0.39, 0.29) is 6.04 Å². The summed E-state index contributed by atoms with van der Waals surface area (Å²) >= 11 is 0. The zero-order chi connectivity index (χ0) is 21.1.